The molecule has 0 amide bonds. The van der Waals surface area contributed by atoms with Crippen LogP contribution in [0.1, 0.15) is 37.2 Å². The van der Waals surface area contributed by atoms with Crippen LogP contribution in [0, 0.1) is 11.3 Å². The summed E-state index contributed by atoms with van der Waals surface area (Å²) in [4.78, 5) is 4.66. The molecule has 3 rings (SSSR count). The van der Waals surface area contributed by atoms with Gasteiger partial charge in [0.05, 0.1) is 23.6 Å². The second-order valence-electron chi connectivity index (χ2n) is 6.84. The third-order valence-electron chi connectivity index (χ3n) is 4.39. The lowest BCUT2D eigenvalue weighted by molar-refractivity contribution is -0.0409. The van der Waals surface area contributed by atoms with Crippen molar-refractivity contribution in [2.75, 3.05) is 18.5 Å². The summed E-state index contributed by atoms with van der Waals surface area (Å²) in [6.45, 7) is 5.28. The van der Waals surface area contributed by atoms with Crippen LogP contribution in [0.5, 0.6) is 0 Å². The van der Waals surface area contributed by atoms with E-state index in [0.29, 0.717) is 31.7 Å². The summed E-state index contributed by atoms with van der Waals surface area (Å²) in [5.74, 6) is 0. The van der Waals surface area contributed by atoms with Gasteiger partial charge in [-0.15, -0.1) is 0 Å². The van der Waals surface area contributed by atoms with E-state index in [9.17, 15) is 5.26 Å². The Morgan fingerprint density at radius 1 is 1.32 bits per heavy atom. The van der Waals surface area contributed by atoms with E-state index in [0.717, 1.165) is 28.1 Å². The first-order valence-electron chi connectivity index (χ1n) is 8.55. The molecule has 2 heterocycles. The molecule has 5 nitrogen and oxygen atoms in total. The highest BCUT2D eigenvalue weighted by atomic mass is 16.5. The summed E-state index contributed by atoms with van der Waals surface area (Å²) >= 11 is 0. The lowest BCUT2D eigenvalue weighted by atomic mass is 9.91. The maximum atomic E-state index is 9.70. The highest BCUT2D eigenvalue weighted by Gasteiger charge is 2.31. The number of aliphatic hydroxyl groups excluding tert-OH is 1. The lowest BCUT2D eigenvalue weighted by Gasteiger charge is -2.33. The van der Waals surface area contributed by atoms with Crippen LogP contribution in [-0.2, 0) is 17.8 Å². The molecule has 2 aromatic rings. The number of hydrogen-bond acceptors (Lipinski definition) is 5. The van der Waals surface area contributed by atoms with Crippen LogP contribution in [0.4, 0.5) is 5.69 Å². The molecule has 0 radical (unpaired) electrons. The number of rotatable bonds is 5. The van der Waals surface area contributed by atoms with Gasteiger partial charge < -0.3 is 15.2 Å². The van der Waals surface area contributed by atoms with E-state index in [2.05, 4.69) is 16.4 Å². The first-order chi connectivity index (χ1) is 12.1. The number of nitrogens with zero attached hydrogens (tertiary/aromatic N) is 2. The molecule has 1 aliphatic heterocycles. The van der Waals surface area contributed by atoms with Crippen LogP contribution < -0.4 is 5.32 Å². The number of anilines is 1. The average Bonchev–Trinajstić information content (AvgIpc) is 2.61. The van der Waals surface area contributed by atoms with E-state index < -0.39 is 0 Å². The van der Waals surface area contributed by atoms with Crippen molar-refractivity contribution in [1.82, 2.24) is 4.98 Å². The minimum absolute atomic E-state index is 0.121. The molecule has 130 valence electrons. The summed E-state index contributed by atoms with van der Waals surface area (Å²) in [5, 5.41) is 22.2. The highest BCUT2D eigenvalue weighted by Crippen LogP contribution is 2.39. The molecule has 0 fully saturated rings. The van der Waals surface area contributed by atoms with Crippen LogP contribution in [0.3, 0.4) is 0 Å². The van der Waals surface area contributed by atoms with Crippen LogP contribution >= 0.6 is 0 Å². The molecule has 0 saturated heterocycles. The summed E-state index contributed by atoms with van der Waals surface area (Å²) in [6.07, 6.45) is 1.31. The van der Waals surface area contributed by atoms with E-state index in [1.54, 1.807) is 0 Å². The second-order valence-corrected chi connectivity index (χ2v) is 6.84. The molecular weight excluding hydrogens is 314 g/mol. The quantitative estimate of drug-likeness (QED) is 0.819. The zero-order valence-corrected chi connectivity index (χ0v) is 14.7. The van der Waals surface area contributed by atoms with Crippen molar-refractivity contribution in [2.45, 2.75) is 38.9 Å². The molecule has 1 aromatic heterocycles. The van der Waals surface area contributed by atoms with Crippen LogP contribution in [0.15, 0.2) is 30.3 Å². The Bertz CT molecular complexity index is 795. The van der Waals surface area contributed by atoms with Crippen molar-refractivity contribution in [3.8, 4) is 17.2 Å². The van der Waals surface area contributed by atoms with Gasteiger partial charge in [-0.1, -0.05) is 30.3 Å². The zero-order chi connectivity index (χ0) is 17.9. The molecule has 0 bridgehead atoms. The van der Waals surface area contributed by atoms with Gasteiger partial charge in [-0.25, -0.2) is 4.98 Å². The molecule has 0 atom stereocenters. The number of nitriles is 1. The Balaban J connectivity index is 2.17. The number of ether oxygens (including phenoxy) is 1. The Hall–Kier alpha value is -2.42. The van der Waals surface area contributed by atoms with Gasteiger partial charge in [0, 0.05) is 30.7 Å². The van der Waals surface area contributed by atoms with E-state index in [1.807, 2.05) is 44.2 Å². The van der Waals surface area contributed by atoms with Crippen molar-refractivity contribution < 1.29 is 9.84 Å². The molecule has 0 saturated carbocycles. The van der Waals surface area contributed by atoms with E-state index in [1.165, 1.54) is 0 Å². The van der Waals surface area contributed by atoms with Gasteiger partial charge in [0.1, 0.15) is 6.07 Å². The average molecular weight is 337 g/mol. The van der Waals surface area contributed by atoms with Gasteiger partial charge in [-0.3, -0.25) is 0 Å². The SMILES string of the molecule is CC1(C)Cc2nc(C#N)c(-c3ccccc3)c(NCCCO)c2CO1. The first-order valence-corrected chi connectivity index (χ1v) is 8.55. The van der Waals surface area contributed by atoms with Gasteiger partial charge in [-0.05, 0) is 25.8 Å². The molecule has 0 spiro atoms. The molecule has 0 unspecified atom stereocenters. The maximum absolute atomic E-state index is 9.70. The number of fused-ring (bicyclic) bond motifs is 1. The van der Waals surface area contributed by atoms with Gasteiger partial charge in [0.25, 0.3) is 0 Å². The van der Waals surface area contributed by atoms with Gasteiger partial charge >= 0.3 is 0 Å². The fourth-order valence-electron chi connectivity index (χ4n) is 3.15. The fourth-order valence-corrected chi connectivity index (χ4v) is 3.15. The topological polar surface area (TPSA) is 78.2 Å². The second kappa shape index (κ2) is 7.22. The predicted molar refractivity (Wildman–Crippen MR) is 97.2 cm³/mol. The monoisotopic (exact) mass is 337 g/mol. The number of nitrogens with one attached hydrogen (secondary N) is 1. The van der Waals surface area contributed by atoms with Gasteiger partial charge in [0.15, 0.2) is 5.69 Å². The van der Waals surface area contributed by atoms with Crippen LogP contribution in [0.2, 0.25) is 0 Å². The van der Waals surface area contributed by atoms with Crippen LogP contribution in [-0.4, -0.2) is 28.8 Å². The maximum Gasteiger partial charge on any atom is 0.150 e. The van der Waals surface area contributed by atoms with Crippen molar-refractivity contribution in [2.24, 2.45) is 0 Å². The summed E-state index contributed by atoms with van der Waals surface area (Å²) in [7, 11) is 0. The van der Waals surface area contributed by atoms with Crippen molar-refractivity contribution in [3.05, 3.63) is 47.3 Å². The highest BCUT2D eigenvalue weighted by molar-refractivity contribution is 5.84. The van der Waals surface area contributed by atoms with Gasteiger partial charge in [-0.2, -0.15) is 5.26 Å². The molecule has 1 aromatic carbocycles. The van der Waals surface area contributed by atoms with E-state index in [4.69, 9.17) is 9.84 Å². The van der Waals surface area contributed by atoms with Crippen LogP contribution in [0.25, 0.3) is 11.1 Å². The first kappa shape index (κ1) is 17.4. The third-order valence-corrected chi connectivity index (χ3v) is 4.39. The number of pyridine rings is 1. The lowest BCUT2D eigenvalue weighted by Crippen LogP contribution is -2.33. The number of hydrogen-bond donors (Lipinski definition) is 2. The summed E-state index contributed by atoms with van der Waals surface area (Å²) < 4.78 is 5.99. The number of aliphatic hydroxyl groups is 1. The van der Waals surface area contributed by atoms with E-state index >= 15 is 0 Å². The molecular formula is C20H23N3O2. The Labute approximate surface area is 148 Å². The number of benzene rings is 1. The predicted octanol–water partition coefficient (Wildman–Crippen LogP) is 3.27. The Morgan fingerprint density at radius 2 is 2.08 bits per heavy atom. The molecule has 1 aliphatic rings. The van der Waals surface area contributed by atoms with Crippen molar-refractivity contribution in [1.29, 1.82) is 5.26 Å². The standard InChI is InChI=1S/C20H23N3O2/c1-20(2)11-16-15(13-25-20)19(22-9-6-10-24)18(17(12-21)23-16)14-7-4-3-5-8-14/h3-5,7-8,24H,6,9-11,13H2,1-2H3,(H,22,23). The largest absolute Gasteiger partial charge is 0.396 e. The Kier molecular flexibility index (Phi) is 5.03. The molecule has 0 aliphatic carbocycles. The molecule has 5 heteroatoms. The molecule has 2 N–H and O–H groups in total. The minimum Gasteiger partial charge on any atom is -0.396 e. The molecule has 25 heavy (non-hydrogen) atoms. The minimum atomic E-state index is -0.288. The van der Waals surface area contributed by atoms with Crippen molar-refractivity contribution in [3.63, 3.8) is 0 Å². The summed E-state index contributed by atoms with van der Waals surface area (Å²) in [6, 6.07) is 12.1. The fraction of sp³-hybridized carbons (Fsp3) is 0.400. The summed E-state index contributed by atoms with van der Waals surface area (Å²) in [5.41, 5.74) is 4.72. The normalized spacial score (nSPS) is 15.3. The zero-order valence-electron chi connectivity index (χ0n) is 14.7. The number of aromatic nitrogens is 1. The van der Waals surface area contributed by atoms with E-state index in [-0.39, 0.29) is 12.2 Å². The smallest absolute Gasteiger partial charge is 0.150 e. The van der Waals surface area contributed by atoms with Gasteiger partial charge in [0.2, 0.25) is 0 Å². The third kappa shape index (κ3) is 3.65. The van der Waals surface area contributed by atoms with Crippen molar-refractivity contribution >= 4 is 5.69 Å². The Morgan fingerprint density at radius 3 is 2.76 bits per heavy atom.